The standard InChI is InChI=1S/C14H18BrNO3/c1-3-18-14(17)9(2)16-8-12-7-10-6-11(15)4-5-13(10)19-12/h4-6,9,12,16H,3,7-8H2,1-2H3. The second-order valence-corrected chi connectivity index (χ2v) is 5.49. The molecule has 0 saturated carbocycles. The first-order valence-corrected chi connectivity index (χ1v) is 7.24. The molecule has 2 atom stereocenters. The van der Waals surface area contributed by atoms with Crippen LogP contribution in [0.1, 0.15) is 19.4 Å². The molecule has 1 aromatic rings. The van der Waals surface area contributed by atoms with Crippen molar-refractivity contribution in [2.24, 2.45) is 0 Å². The van der Waals surface area contributed by atoms with Gasteiger partial charge < -0.3 is 14.8 Å². The van der Waals surface area contributed by atoms with Crippen LogP contribution in [-0.2, 0) is 16.0 Å². The SMILES string of the molecule is CCOC(=O)C(C)NCC1Cc2cc(Br)ccc2O1. The van der Waals surface area contributed by atoms with E-state index in [1.54, 1.807) is 13.8 Å². The second-order valence-electron chi connectivity index (χ2n) is 4.58. The summed E-state index contributed by atoms with van der Waals surface area (Å²) < 4.78 is 11.8. The lowest BCUT2D eigenvalue weighted by atomic mass is 10.1. The van der Waals surface area contributed by atoms with Crippen LogP contribution in [0.25, 0.3) is 0 Å². The van der Waals surface area contributed by atoms with Crippen LogP contribution in [0.15, 0.2) is 22.7 Å². The smallest absolute Gasteiger partial charge is 0.322 e. The molecule has 1 aliphatic rings. The Labute approximate surface area is 121 Å². The molecule has 2 rings (SSSR count). The van der Waals surface area contributed by atoms with Gasteiger partial charge in [0.25, 0.3) is 0 Å². The van der Waals surface area contributed by atoms with Crippen molar-refractivity contribution in [3.63, 3.8) is 0 Å². The van der Waals surface area contributed by atoms with Gasteiger partial charge in [0, 0.05) is 17.4 Å². The highest BCUT2D eigenvalue weighted by molar-refractivity contribution is 9.10. The summed E-state index contributed by atoms with van der Waals surface area (Å²) >= 11 is 3.45. The maximum Gasteiger partial charge on any atom is 0.322 e. The number of carbonyl (C=O) groups excluding carboxylic acids is 1. The van der Waals surface area contributed by atoms with Gasteiger partial charge in [-0.3, -0.25) is 4.79 Å². The Morgan fingerprint density at radius 1 is 1.63 bits per heavy atom. The number of benzene rings is 1. The molecule has 1 aliphatic heterocycles. The quantitative estimate of drug-likeness (QED) is 0.843. The molecular weight excluding hydrogens is 310 g/mol. The fraction of sp³-hybridized carbons (Fsp3) is 0.500. The predicted molar refractivity (Wildman–Crippen MR) is 76.4 cm³/mol. The number of halogens is 1. The van der Waals surface area contributed by atoms with Gasteiger partial charge in [-0.25, -0.2) is 0 Å². The molecule has 19 heavy (non-hydrogen) atoms. The van der Waals surface area contributed by atoms with Gasteiger partial charge in [-0.1, -0.05) is 15.9 Å². The molecule has 2 unspecified atom stereocenters. The molecular formula is C14H18BrNO3. The van der Waals surface area contributed by atoms with E-state index in [9.17, 15) is 4.79 Å². The molecule has 5 heteroatoms. The zero-order valence-corrected chi connectivity index (χ0v) is 12.7. The van der Waals surface area contributed by atoms with Crippen molar-refractivity contribution >= 4 is 21.9 Å². The van der Waals surface area contributed by atoms with Crippen LogP contribution >= 0.6 is 15.9 Å². The summed E-state index contributed by atoms with van der Waals surface area (Å²) in [6, 6.07) is 5.70. The third-order valence-electron chi connectivity index (χ3n) is 3.06. The van der Waals surface area contributed by atoms with Crippen LogP contribution in [0.5, 0.6) is 5.75 Å². The highest BCUT2D eigenvalue weighted by Crippen LogP contribution is 2.30. The molecule has 1 heterocycles. The Morgan fingerprint density at radius 2 is 2.42 bits per heavy atom. The molecule has 1 aromatic carbocycles. The number of hydrogen-bond donors (Lipinski definition) is 1. The summed E-state index contributed by atoms with van der Waals surface area (Å²) in [5.41, 5.74) is 1.20. The normalized spacial score (nSPS) is 18.6. The lowest BCUT2D eigenvalue weighted by Gasteiger charge is -2.16. The average molecular weight is 328 g/mol. The first kappa shape index (κ1) is 14.3. The van der Waals surface area contributed by atoms with Crippen molar-refractivity contribution in [3.05, 3.63) is 28.2 Å². The van der Waals surface area contributed by atoms with E-state index in [4.69, 9.17) is 9.47 Å². The van der Waals surface area contributed by atoms with Crippen molar-refractivity contribution in [2.75, 3.05) is 13.2 Å². The molecule has 104 valence electrons. The second kappa shape index (κ2) is 6.39. The Kier molecular flexibility index (Phi) is 4.82. The summed E-state index contributed by atoms with van der Waals surface area (Å²) in [6.07, 6.45) is 0.929. The van der Waals surface area contributed by atoms with Gasteiger partial charge in [0.15, 0.2) is 0 Å². The molecule has 4 nitrogen and oxygen atoms in total. The molecule has 1 N–H and O–H groups in total. The van der Waals surface area contributed by atoms with Crippen molar-refractivity contribution in [3.8, 4) is 5.75 Å². The topological polar surface area (TPSA) is 47.6 Å². The van der Waals surface area contributed by atoms with Gasteiger partial charge in [0.05, 0.1) is 6.61 Å². The number of esters is 1. The zero-order valence-electron chi connectivity index (χ0n) is 11.1. The fourth-order valence-electron chi connectivity index (χ4n) is 2.06. The van der Waals surface area contributed by atoms with Crippen molar-refractivity contribution in [1.82, 2.24) is 5.32 Å². The number of rotatable bonds is 5. The van der Waals surface area contributed by atoms with Gasteiger partial charge in [-0.05, 0) is 37.6 Å². The van der Waals surface area contributed by atoms with E-state index >= 15 is 0 Å². The number of fused-ring (bicyclic) bond motifs is 1. The minimum atomic E-state index is -0.306. The molecule has 0 bridgehead atoms. The molecule has 0 saturated heterocycles. The van der Waals surface area contributed by atoms with Crippen molar-refractivity contribution in [2.45, 2.75) is 32.4 Å². The van der Waals surface area contributed by atoms with E-state index in [-0.39, 0.29) is 18.1 Å². The Hall–Kier alpha value is -1.07. The first-order chi connectivity index (χ1) is 9.10. The number of ether oxygens (including phenoxy) is 2. The number of nitrogens with one attached hydrogen (secondary N) is 1. The van der Waals surface area contributed by atoms with Crippen LogP contribution in [-0.4, -0.2) is 31.3 Å². The van der Waals surface area contributed by atoms with Crippen molar-refractivity contribution < 1.29 is 14.3 Å². The third-order valence-corrected chi connectivity index (χ3v) is 3.55. The molecule has 0 spiro atoms. The fourth-order valence-corrected chi connectivity index (χ4v) is 2.47. The maximum absolute atomic E-state index is 11.5. The summed E-state index contributed by atoms with van der Waals surface area (Å²) in [4.78, 5) is 11.5. The van der Waals surface area contributed by atoms with E-state index < -0.39 is 0 Å². The van der Waals surface area contributed by atoms with E-state index in [0.29, 0.717) is 13.2 Å². The average Bonchev–Trinajstić information content (AvgIpc) is 2.78. The van der Waals surface area contributed by atoms with Gasteiger partial charge >= 0.3 is 5.97 Å². The number of hydrogen-bond acceptors (Lipinski definition) is 4. The van der Waals surface area contributed by atoms with Crippen LogP contribution in [0, 0.1) is 0 Å². The zero-order chi connectivity index (χ0) is 13.8. The predicted octanol–water partition coefficient (Wildman–Crippen LogP) is 2.29. The minimum Gasteiger partial charge on any atom is -0.488 e. The Balaban J connectivity index is 1.82. The summed E-state index contributed by atoms with van der Waals surface area (Å²) in [5, 5.41) is 3.15. The van der Waals surface area contributed by atoms with Gasteiger partial charge in [-0.2, -0.15) is 0 Å². The molecule has 0 aromatic heterocycles. The first-order valence-electron chi connectivity index (χ1n) is 6.45. The summed E-state index contributed by atoms with van der Waals surface area (Å²) in [6.45, 7) is 4.65. The molecule has 0 fully saturated rings. The van der Waals surface area contributed by atoms with E-state index in [2.05, 4.69) is 27.3 Å². The van der Waals surface area contributed by atoms with Gasteiger partial charge in [0.2, 0.25) is 0 Å². The number of carbonyl (C=O) groups is 1. The summed E-state index contributed by atoms with van der Waals surface area (Å²) in [5.74, 6) is 0.708. The van der Waals surface area contributed by atoms with Crippen LogP contribution < -0.4 is 10.1 Å². The Morgan fingerprint density at radius 3 is 3.16 bits per heavy atom. The Bertz CT molecular complexity index is 464. The maximum atomic E-state index is 11.5. The molecule has 0 radical (unpaired) electrons. The van der Waals surface area contributed by atoms with Crippen LogP contribution in [0.3, 0.4) is 0 Å². The van der Waals surface area contributed by atoms with Gasteiger partial charge in [0.1, 0.15) is 17.9 Å². The lowest BCUT2D eigenvalue weighted by molar-refractivity contribution is -0.145. The van der Waals surface area contributed by atoms with Gasteiger partial charge in [-0.15, -0.1) is 0 Å². The highest BCUT2D eigenvalue weighted by Gasteiger charge is 2.24. The third kappa shape index (κ3) is 3.70. The van der Waals surface area contributed by atoms with Crippen LogP contribution in [0.4, 0.5) is 0 Å². The largest absolute Gasteiger partial charge is 0.488 e. The van der Waals surface area contributed by atoms with Crippen LogP contribution in [0.2, 0.25) is 0 Å². The highest BCUT2D eigenvalue weighted by atomic mass is 79.9. The minimum absolute atomic E-state index is 0.0705. The summed E-state index contributed by atoms with van der Waals surface area (Å²) in [7, 11) is 0. The van der Waals surface area contributed by atoms with E-state index in [0.717, 1.165) is 16.6 Å². The van der Waals surface area contributed by atoms with Crippen molar-refractivity contribution in [1.29, 1.82) is 0 Å². The molecule has 0 aliphatic carbocycles. The lowest BCUT2D eigenvalue weighted by Crippen LogP contribution is -2.41. The molecule has 0 amide bonds. The monoisotopic (exact) mass is 327 g/mol. The van der Waals surface area contributed by atoms with E-state index in [1.807, 2.05) is 12.1 Å². The van der Waals surface area contributed by atoms with E-state index in [1.165, 1.54) is 5.56 Å².